The molecule has 1 aromatic heterocycles. The van der Waals surface area contributed by atoms with Crippen LogP contribution < -0.4 is 5.32 Å². The first-order chi connectivity index (χ1) is 13.6. The number of thiazole rings is 1. The summed E-state index contributed by atoms with van der Waals surface area (Å²) < 4.78 is 1.18. The van der Waals surface area contributed by atoms with Crippen molar-refractivity contribution >= 4 is 39.1 Å². The van der Waals surface area contributed by atoms with Crippen molar-refractivity contribution in [2.45, 2.75) is 32.1 Å². The van der Waals surface area contributed by atoms with Gasteiger partial charge in [-0.3, -0.25) is 9.59 Å². The second-order valence-electron chi connectivity index (χ2n) is 7.24. The largest absolute Gasteiger partial charge is 0.342 e. The van der Waals surface area contributed by atoms with Crippen LogP contribution in [0.1, 0.15) is 35.8 Å². The molecule has 6 heteroatoms. The molecule has 144 valence electrons. The number of benzene rings is 2. The van der Waals surface area contributed by atoms with Crippen molar-refractivity contribution in [3.8, 4) is 0 Å². The van der Waals surface area contributed by atoms with E-state index < -0.39 is 0 Å². The summed E-state index contributed by atoms with van der Waals surface area (Å²) in [4.78, 5) is 31.6. The van der Waals surface area contributed by atoms with E-state index in [1.165, 1.54) is 4.70 Å². The summed E-state index contributed by atoms with van der Waals surface area (Å²) in [5.41, 5.74) is 2.76. The minimum absolute atomic E-state index is 0.114. The van der Waals surface area contributed by atoms with Gasteiger partial charge in [-0.05, 0) is 43.5 Å². The monoisotopic (exact) mass is 393 g/mol. The molecule has 3 aromatic rings. The lowest BCUT2D eigenvalue weighted by molar-refractivity contribution is -0.135. The van der Waals surface area contributed by atoms with Crippen LogP contribution in [0.5, 0.6) is 0 Å². The van der Waals surface area contributed by atoms with Crippen molar-refractivity contribution < 1.29 is 9.59 Å². The number of fused-ring (bicyclic) bond motifs is 1. The Balaban J connectivity index is 1.39. The predicted molar refractivity (Wildman–Crippen MR) is 113 cm³/mol. The standard InChI is InChI=1S/C22H23N3O2S/c1-15-7-2-3-9-17(15)23-20(26)13-21(27)25-12-6-8-16(14-25)22-24-18-10-4-5-11-19(18)28-22/h2-5,7,9-11,16H,6,8,12-14H2,1H3,(H,23,26)/t16-/m0/s1. The van der Waals surface area contributed by atoms with Gasteiger partial charge in [0, 0.05) is 24.7 Å². The second-order valence-corrected chi connectivity index (χ2v) is 8.30. The van der Waals surface area contributed by atoms with E-state index in [0.29, 0.717) is 13.1 Å². The van der Waals surface area contributed by atoms with E-state index in [4.69, 9.17) is 4.98 Å². The summed E-state index contributed by atoms with van der Waals surface area (Å²) in [5, 5.41) is 3.93. The maximum absolute atomic E-state index is 12.7. The second kappa shape index (κ2) is 8.10. The molecule has 0 unspecified atom stereocenters. The van der Waals surface area contributed by atoms with Crippen molar-refractivity contribution in [1.29, 1.82) is 0 Å². The van der Waals surface area contributed by atoms with Crippen LogP contribution in [0.2, 0.25) is 0 Å². The van der Waals surface area contributed by atoms with Crippen LogP contribution in [-0.2, 0) is 9.59 Å². The van der Waals surface area contributed by atoms with Gasteiger partial charge in [-0.25, -0.2) is 4.98 Å². The van der Waals surface area contributed by atoms with E-state index in [-0.39, 0.29) is 24.2 Å². The Hall–Kier alpha value is -2.73. The number of piperidine rings is 1. The van der Waals surface area contributed by atoms with E-state index in [1.54, 1.807) is 11.3 Å². The lowest BCUT2D eigenvalue weighted by Gasteiger charge is -2.31. The van der Waals surface area contributed by atoms with Crippen LogP contribution in [-0.4, -0.2) is 34.8 Å². The smallest absolute Gasteiger partial charge is 0.233 e. The van der Waals surface area contributed by atoms with Gasteiger partial charge in [0.25, 0.3) is 0 Å². The number of nitrogens with one attached hydrogen (secondary N) is 1. The van der Waals surface area contributed by atoms with Crippen molar-refractivity contribution in [1.82, 2.24) is 9.88 Å². The quantitative estimate of drug-likeness (QED) is 0.671. The molecule has 28 heavy (non-hydrogen) atoms. The number of nitrogens with zero attached hydrogens (tertiary/aromatic N) is 2. The van der Waals surface area contributed by atoms with Gasteiger partial charge in [-0.2, -0.15) is 0 Å². The predicted octanol–water partition coefficient (Wildman–Crippen LogP) is 4.34. The molecule has 5 nitrogen and oxygen atoms in total. The summed E-state index contributed by atoms with van der Waals surface area (Å²) >= 11 is 1.71. The van der Waals surface area contributed by atoms with Gasteiger partial charge in [0.1, 0.15) is 6.42 Å². The SMILES string of the molecule is Cc1ccccc1NC(=O)CC(=O)N1CCC[C@H](c2nc3ccccc3s2)C1. The number of hydrogen-bond acceptors (Lipinski definition) is 4. The Kier molecular flexibility index (Phi) is 5.39. The van der Waals surface area contributed by atoms with E-state index in [1.807, 2.05) is 54.3 Å². The average molecular weight is 394 g/mol. The van der Waals surface area contributed by atoms with Gasteiger partial charge in [0.2, 0.25) is 11.8 Å². The fourth-order valence-corrected chi connectivity index (χ4v) is 4.72. The Bertz CT molecular complexity index is 981. The lowest BCUT2D eigenvalue weighted by atomic mass is 9.98. The molecule has 2 heterocycles. The Morgan fingerprint density at radius 3 is 2.79 bits per heavy atom. The molecule has 0 aliphatic carbocycles. The first-order valence-electron chi connectivity index (χ1n) is 9.59. The highest BCUT2D eigenvalue weighted by Crippen LogP contribution is 2.33. The molecule has 0 saturated carbocycles. The van der Waals surface area contributed by atoms with E-state index in [2.05, 4.69) is 11.4 Å². The number of carbonyl (C=O) groups excluding carboxylic acids is 2. The molecule has 2 aromatic carbocycles. The molecule has 0 spiro atoms. The van der Waals surface area contributed by atoms with Gasteiger partial charge < -0.3 is 10.2 Å². The highest BCUT2D eigenvalue weighted by atomic mass is 32.1. The van der Waals surface area contributed by atoms with Gasteiger partial charge >= 0.3 is 0 Å². The molecular weight excluding hydrogens is 370 g/mol. The summed E-state index contributed by atoms with van der Waals surface area (Å²) in [6.45, 7) is 3.28. The third-order valence-corrected chi connectivity index (χ3v) is 6.36. The zero-order valence-electron chi connectivity index (χ0n) is 15.9. The molecule has 4 rings (SSSR count). The molecule has 1 aliphatic heterocycles. The number of amides is 2. The maximum Gasteiger partial charge on any atom is 0.233 e. The fourth-order valence-electron chi connectivity index (χ4n) is 3.63. The number of aromatic nitrogens is 1. The van der Waals surface area contributed by atoms with Crippen LogP contribution in [0.25, 0.3) is 10.2 Å². The minimum Gasteiger partial charge on any atom is -0.342 e. The maximum atomic E-state index is 12.7. The van der Waals surface area contributed by atoms with Gasteiger partial charge in [-0.1, -0.05) is 30.3 Å². The molecule has 1 fully saturated rings. The first-order valence-corrected chi connectivity index (χ1v) is 10.4. The zero-order valence-corrected chi connectivity index (χ0v) is 16.7. The number of aryl methyl sites for hydroxylation is 1. The van der Waals surface area contributed by atoms with Gasteiger partial charge in [0.15, 0.2) is 0 Å². The lowest BCUT2D eigenvalue weighted by Crippen LogP contribution is -2.40. The fraction of sp³-hybridized carbons (Fsp3) is 0.318. The minimum atomic E-state index is -0.263. The van der Waals surface area contributed by atoms with E-state index >= 15 is 0 Å². The van der Waals surface area contributed by atoms with Crippen molar-refractivity contribution in [3.05, 3.63) is 59.1 Å². The molecule has 0 radical (unpaired) electrons. The summed E-state index contributed by atoms with van der Waals surface area (Å²) in [6.07, 6.45) is 1.84. The first kappa shape index (κ1) is 18.6. The van der Waals surface area contributed by atoms with Crippen LogP contribution in [0.15, 0.2) is 48.5 Å². The van der Waals surface area contributed by atoms with Gasteiger partial charge in [0.05, 0.1) is 15.2 Å². The Labute approximate surface area is 168 Å². The normalized spacial score (nSPS) is 16.9. The van der Waals surface area contributed by atoms with Gasteiger partial charge in [-0.15, -0.1) is 11.3 Å². The number of likely N-dealkylation sites (tertiary alicyclic amines) is 1. The van der Waals surface area contributed by atoms with Crippen molar-refractivity contribution in [2.75, 3.05) is 18.4 Å². The van der Waals surface area contributed by atoms with Crippen LogP contribution >= 0.6 is 11.3 Å². The Morgan fingerprint density at radius 1 is 1.18 bits per heavy atom. The summed E-state index contributed by atoms with van der Waals surface area (Å²) in [6, 6.07) is 15.7. The molecule has 1 aliphatic rings. The van der Waals surface area contributed by atoms with Crippen LogP contribution in [0.3, 0.4) is 0 Å². The number of anilines is 1. The number of hydrogen-bond donors (Lipinski definition) is 1. The highest BCUT2D eigenvalue weighted by molar-refractivity contribution is 7.18. The molecule has 1 atom stereocenters. The highest BCUT2D eigenvalue weighted by Gasteiger charge is 2.27. The van der Waals surface area contributed by atoms with Crippen LogP contribution in [0, 0.1) is 6.92 Å². The number of rotatable bonds is 4. The molecule has 1 N–H and O–H groups in total. The molecular formula is C22H23N3O2S. The molecule has 2 amide bonds. The number of carbonyl (C=O) groups is 2. The molecule has 1 saturated heterocycles. The third-order valence-electron chi connectivity index (χ3n) is 5.16. The van der Waals surface area contributed by atoms with Crippen molar-refractivity contribution in [2.24, 2.45) is 0 Å². The van der Waals surface area contributed by atoms with Crippen molar-refractivity contribution in [3.63, 3.8) is 0 Å². The molecule has 0 bridgehead atoms. The third kappa shape index (κ3) is 4.07. The summed E-state index contributed by atoms with van der Waals surface area (Å²) in [7, 11) is 0. The number of para-hydroxylation sites is 2. The van der Waals surface area contributed by atoms with E-state index in [9.17, 15) is 9.59 Å². The van der Waals surface area contributed by atoms with Crippen LogP contribution in [0.4, 0.5) is 5.69 Å². The zero-order chi connectivity index (χ0) is 19.5. The Morgan fingerprint density at radius 2 is 1.96 bits per heavy atom. The van der Waals surface area contributed by atoms with E-state index in [0.717, 1.165) is 34.6 Å². The average Bonchev–Trinajstić information content (AvgIpc) is 3.14. The topological polar surface area (TPSA) is 62.3 Å². The summed E-state index contributed by atoms with van der Waals surface area (Å²) in [5.74, 6) is -0.132.